The number of carbonyl (C=O) groups excluding carboxylic acids is 1. The highest BCUT2D eigenvalue weighted by atomic mass is 16.5. The van der Waals surface area contributed by atoms with E-state index in [1.54, 1.807) is 7.05 Å². The van der Waals surface area contributed by atoms with Crippen molar-refractivity contribution in [1.82, 2.24) is 9.80 Å². The molecule has 0 radical (unpaired) electrons. The van der Waals surface area contributed by atoms with Gasteiger partial charge in [-0.15, -0.1) is 0 Å². The topological polar surface area (TPSA) is 90.3 Å². The number of hydrogen-bond donors (Lipinski definition) is 2. The smallest absolute Gasteiger partial charge is 0.326 e. The van der Waals surface area contributed by atoms with E-state index >= 15 is 0 Å². The number of β-amino-alcohol motifs (C(OH)–C–C–N with tert-alkyl or cyclic N) is 1. The summed E-state index contributed by atoms with van der Waals surface area (Å²) < 4.78 is 5.42. The summed E-state index contributed by atoms with van der Waals surface area (Å²) in [4.78, 5) is 26.2. The lowest BCUT2D eigenvalue weighted by atomic mass is 10.1. The molecule has 19 heavy (non-hydrogen) atoms. The summed E-state index contributed by atoms with van der Waals surface area (Å²) in [5, 5.41) is 18.7. The van der Waals surface area contributed by atoms with E-state index in [0.717, 1.165) is 6.42 Å². The predicted molar refractivity (Wildman–Crippen MR) is 65.7 cm³/mol. The summed E-state index contributed by atoms with van der Waals surface area (Å²) >= 11 is 0. The van der Waals surface area contributed by atoms with Gasteiger partial charge in [-0.3, -0.25) is 0 Å². The molecule has 0 saturated carbocycles. The highest BCUT2D eigenvalue weighted by Crippen LogP contribution is 2.24. The fourth-order valence-electron chi connectivity index (χ4n) is 2.83. The molecule has 0 aromatic rings. The Balaban J connectivity index is 2.07. The molecular formula is C12H20N2O5. The van der Waals surface area contributed by atoms with Crippen LogP contribution in [0.4, 0.5) is 4.79 Å². The molecule has 0 aliphatic carbocycles. The number of aliphatic carboxylic acids is 1. The van der Waals surface area contributed by atoms with Gasteiger partial charge in [-0.25, -0.2) is 9.59 Å². The van der Waals surface area contributed by atoms with Crippen LogP contribution in [0.1, 0.15) is 19.8 Å². The molecule has 7 heteroatoms. The van der Waals surface area contributed by atoms with Crippen LogP contribution in [-0.2, 0) is 9.53 Å². The quantitative estimate of drug-likeness (QED) is 0.722. The Hall–Kier alpha value is -1.34. The van der Waals surface area contributed by atoms with Crippen molar-refractivity contribution in [3.8, 4) is 0 Å². The van der Waals surface area contributed by atoms with E-state index in [4.69, 9.17) is 9.84 Å². The van der Waals surface area contributed by atoms with Gasteiger partial charge >= 0.3 is 12.0 Å². The largest absolute Gasteiger partial charge is 0.480 e. The van der Waals surface area contributed by atoms with E-state index < -0.39 is 18.1 Å². The normalized spacial score (nSPS) is 34.6. The molecule has 2 rings (SSSR count). The summed E-state index contributed by atoms with van der Waals surface area (Å²) in [5.41, 5.74) is 0. The number of likely N-dealkylation sites (tertiary alicyclic amines) is 1. The van der Waals surface area contributed by atoms with Crippen LogP contribution in [-0.4, -0.2) is 76.5 Å². The molecule has 2 fully saturated rings. The maximum absolute atomic E-state index is 12.4. The van der Waals surface area contributed by atoms with Crippen LogP contribution >= 0.6 is 0 Å². The number of nitrogens with zero attached hydrogens (tertiary/aromatic N) is 2. The minimum atomic E-state index is -1.07. The number of ether oxygens (including phenoxy) is 1. The van der Waals surface area contributed by atoms with E-state index in [9.17, 15) is 14.7 Å². The number of aliphatic hydroxyl groups is 1. The molecule has 0 aromatic carbocycles. The summed E-state index contributed by atoms with van der Waals surface area (Å²) in [6.07, 6.45) is 0.0175. The van der Waals surface area contributed by atoms with Gasteiger partial charge in [0.2, 0.25) is 0 Å². The number of aliphatic hydroxyl groups excluding tert-OH is 1. The summed E-state index contributed by atoms with van der Waals surface area (Å²) in [6, 6.07) is -1.34. The van der Waals surface area contributed by atoms with Crippen molar-refractivity contribution in [3.63, 3.8) is 0 Å². The van der Waals surface area contributed by atoms with Crippen LogP contribution in [0.3, 0.4) is 0 Å². The van der Waals surface area contributed by atoms with Crippen molar-refractivity contribution in [1.29, 1.82) is 0 Å². The van der Waals surface area contributed by atoms with Gasteiger partial charge in [-0.1, -0.05) is 0 Å². The maximum Gasteiger partial charge on any atom is 0.326 e. The minimum absolute atomic E-state index is 0.0420. The van der Waals surface area contributed by atoms with Gasteiger partial charge in [0.25, 0.3) is 0 Å². The van der Waals surface area contributed by atoms with Crippen LogP contribution in [0.25, 0.3) is 0 Å². The van der Waals surface area contributed by atoms with Crippen molar-refractivity contribution in [2.75, 3.05) is 20.2 Å². The molecule has 108 valence electrons. The van der Waals surface area contributed by atoms with Gasteiger partial charge < -0.3 is 24.7 Å². The Morgan fingerprint density at radius 3 is 2.63 bits per heavy atom. The number of rotatable bonds is 2. The van der Waals surface area contributed by atoms with E-state index in [0.29, 0.717) is 6.61 Å². The summed E-state index contributed by atoms with van der Waals surface area (Å²) in [7, 11) is 1.65. The van der Waals surface area contributed by atoms with Crippen LogP contribution in [0.15, 0.2) is 0 Å². The molecule has 2 amide bonds. The zero-order chi connectivity index (χ0) is 14.2. The molecule has 2 saturated heterocycles. The van der Waals surface area contributed by atoms with Crippen molar-refractivity contribution in [2.24, 2.45) is 0 Å². The Morgan fingerprint density at radius 2 is 2.11 bits per heavy atom. The molecule has 2 heterocycles. The van der Waals surface area contributed by atoms with Crippen LogP contribution in [0.5, 0.6) is 0 Å². The minimum Gasteiger partial charge on any atom is -0.480 e. The Labute approximate surface area is 111 Å². The van der Waals surface area contributed by atoms with Gasteiger partial charge in [0.15, 0.2) is 0 Å². The SMILES string of the molecule is CC1OCCC1N(C)C(=O)N1C[C@H](O)C[C@@H]1C(=O)O. The van der Waals surface area contributed by atoms with E-state index in [1.807, 2.05) is 6.92 Å². The fraction of sp³-hybridized carbons (Fsp3) is 0.833. The average Bonchev–Trinajstić information content (AvgIpc) is 2.93. The number of urea groups is 1. The average molecular weight is 272 g/mol. The summed E-state index contributed by atoms with van der Waals surface area (Å²) in [5.74, 6) is -1.07. The molecule has 0 aromatic heterocycles. The number of carboxylic acid groups (broad SMARTS) is 1. The van der Waals surface area contributed by atoms with E-state index in [2.05, 4.69) is 0 Å². The molecule has 0 spiro atoms. The van der Waals surface area contributed by atoms with Crippen LogP contribution in [0.2, 0.25) is 0 Å². The van der Waals surface area contributed by atoms with Gasteiger partial charge in [0.1, 0.15) is 6.04 Å². The lowest BCUT2D eigenvalue weighted by molar-refractivity contribution is -0.141. The first kappa shape index (κ1) is 14.1. The Morgan fingerprint density at radius 1 is 1.42 bits per heavy atom. The van der Waals surface area contributed by atoms with Crippen molar-refractivity contribution in [3.05, 3.63) is 0 Å². The molecule has 2 aliphatic heterocycles. The zero-order valence-corrected chi connectivity index (χ0v) is 11.2. The lowest BCUT2D eigenvalue weighted by Gasteiger charge is -2.32. The van der Waals surface area contributed by atoms with Gasteiger partial charge in [0, 0.05) is 26.6 Å². The maximum atomic E-state index is 12.4. The van der Waals surface area contributed by atoms with Crippen LogP contribution < -0.4 is 0 Å². The second kappa shape index (κ2) is 5.34. The van der Waals surface area contributed by atoms with E-state index in [-0.39, 0.29) is 31.1 Å². The fourth-order valence-corrected chi connectivity index (χ4v) is 2.83. The molecule has 2 aliphatic rings. The Kier molecular flexibility index (Phi) is 3.96. The number of carboxylic acids is 1. The second-order valence-electron chi connectivity index (χ2n) is 5.22. The van der Waals surface area contributed by atoms with Crippen LogP contribution in [0, 0.1) is 0 Å². The van der Waals surface area contributed by atoms with Crippen molar-refractivity contribution >= 4 is 12.0 Å². The Bertz CT molecular complexity index is 375. The molecule has 2 unspecified atom stereocenters. The molecule has 0 bridgehead atoms. The molecular weight excluding hydrogens is 252 g/mol. The number of hydrogen-bond acceptors (Lipinski definition) is 4. The van der Waals surface area contributed by atoms with Crippen molar-refractivity contribution in [2.45, 2.75) is 44.1 Å². The molecule has 4 atom stereocenters. The number of likely N-dealkylation sites (N-methyl/N-ethyl adjacent to an activating group) is 1. The third-order valence-corrected chi connectivity index (χ3v) is 3.95. The second-order valence-corrected chi connectivity index (χ2v) is 5.22. The third kappa shape index (κ3) is 2.66. The standard InChI is InChI=1S/C12H20N2O5/c1-7-9(3-4-19-7)13(2)12(18)14-6-8(15)5-10(14)11(16)17/h7-10,15H,3-6H2,1-2H3,(H,16,17)/t7?,8-,9?,10-/m1/s1. The first-order valence-corrected chi connectivity index (χ1v) is 6.47. The van der Waals surface area contributed by atoms with Gasteiger partial charge in [-0.05, 0) is 13.3 Å². The lowest BCUT2D eigenvalue weighted by Crippen LogP contribution is -2.51. The van der Waals surface area contributed by atoms with Crippen molar-refractivity contribution < 1.29 is 24.5 Å². The zero-order valence-electron chi connectivity index (χ0n) is 11.2. The summed E-state index contributed by atoms with van der Waals surface area (Å²) in [6.45, 7) is 2.57. The number of amides is 2. The third-order valence-electron chi connectivity index (χ3n) is 3.95. The predicted octanol–water partition coefficient (Wildman–Crippen LogP) is -0.265. The number of carbonyl (C=O) groups is 2. The molecule has 7 nitrogen and oxygen atoms in total. The van der Waals surface area contributed by atoms with E-state index in [1.165, 1.54) is 9.80 Å². The first-order chi connectivity index (χ1) is 8.91. The first-order valence-electron chi connectivity index (χ1n) is 6.47. The van der Waals surface area contributed by atoms with Gasteiger partial charge in [0.05, 0.1) is 18.2 Å². The highest BCUT2D eigenvalue weighted by molar-refractivity contribution is 5.83. The highest BCUT2D eigenvalue weighted by Gasteiger charge is 2.42. The molecule has 2 N–H and O–H groups in total. The monoisotopic (exact) mass is 272 g/mol. The van der Waals surface area contributed by atoms with Gasteiger partial charge in [-0.2, -0.15) is 0 Å².